The second-order valence-corrected chi connectivity index (χ2v) is 5.46. The van der Waals surface area contributed by atoms with Crippen LogP contribution in [0.3, 0.4) is 0 Å². The molecule has 0 aromatic heterocycles. The molecule has 1 aromatic rings. The average molecular weight is 257 g/mol. The van der Waals surface area contributed by atoms with Crippen molar-refractivity contribution < 1.29 is 0 Å². The summed E-state index contributed by atoms with van der Waals surface area (Å²) in [4.78, 5) is 4.85. The fourth-order valence-corrected chi connectivity index (χ4v) is 2.98. The van der Waals surface area contributed by atoms with Crippen LogP contribution < -0.4 is 0 Å². The molecule has 1 saturated heterocycles. The lowest BCUT2D eigenvalue weighted by Gasteiger charge is -2.34. The number of rotatable bonds is 3. The molecule has 0 N–H and O–H groups in total. The van der Waals surface area contributed by atoms with Crippen LogP contribution in [0.15, 0.2) is 30.3 Å². The van der Waals surface area contributed by atoms with Gasteiger partial charge in [0, 0.05) is 25.2 Å². The molecule has 2 rings (SSSR count). The molecule has 0 bridgehead atoms. The fraction of sp³-hybridized carbons (Fsp3) is 0.562. The van der Waals surface area contributed by atoms with E-state index in [-0.39, 0.29) is 0 Å². The van der Waals surface area contributed by atoms with Crippen LogP contribution in [0, 0.1) is 11.3 Å². The van der Waals surface area contributed by atoms with Crippen molar-refractivity contribution in [3.05, 3.63) is 35.9 Å². The quantitative estimate of drug-likeness (QED) is 0.834. The van der Waals surface area contributed by atoms with E-state index in [0.717, 1.165) is 19.6 Å². The first kappa shape index (κ1) is 14.0. The van der Waals surface area contributed by atoms with Gasteiger partial charge in [0.15, 0.2) is 0 Å². The zero-order chi connectivity index (χ0) is 13.7. The number of likely N-dealkylation sites (N-methyl/N-ethyl adjacent to an activating group) is 1. The smallest absolute Gasteiger partial charge is 0.0638 e. The Hall–Kier alpha value is -1.37. The Morgan fingerprint density at radius 1 is 1.32 bits per heavy atom. The highest BCUT2D eigenvalue weighted by Gasteiger charge is 2.27. The molecule has 102 valence electrons. The third-order valence-corrected chi connectivity index (χ3v) is 4.05. The van der Waals surface area contributed by atoms with Gasteiger partial charge in [-0.2, -0.15) is 5.26 Å². The topological polar surface area (TPSA) is 30.3 Å². The summed E-state index contributed by atoms with van der Waals surface area (Å²) in [7, 11) is 2.15. The maximum atomic E-state index is 9.07. The Kier molecular flexibility index (Phi) is 4.95. The predicted molar refractivity (Wildman–Crippen MR) is 77.7 cm³/mol. The molecule has 2 unspecified atom stereocenters. The molecule has 0 spiro atoms. The van der Waals surface area contributed by atoms with Crippen molar-refractivity contribution in [3.8, 4) is 6.07 Å². The minimum Gasteiger partial charge on any atom is -0.305 e. The summed E-state index contributed by atoms with van der Waals surface area (Å²) in [5.74, 6) is 0. The largest absolute Gasteiger partial charge is 0.305 e. The molecule has 0 amide bonds. The van der Waals surface area contributed by atoms with Crippen LogP contribution in [0.5, 0.6) is 0 Å². The minimum absolute atomic E-state index is 0.340. The number of nitrogens with zero attached hydrogens (tertiary/aromatic N) is 3. The number of hydrogen-bond donors (Lipinski definition) is 0. The first-order chi connectivity index (χ1) is 9.22. The molecular weight excluding hydrogens is 234 g/mol. The maximum Gasteiger partial charge on any atom is 0.0638 e. The van der Waals surface area contributed by atoms with Gasteiger partial charge in [-0.3, -0.25) is 4.90 Å². The SMILES string of the molecule is CC(c1ccccc1)N1CCCN(C)CC1CC#N. The van der Waals surface area contributed by atoms with Gasteiger partial charge in [-0.05, 0) is 32.5 Å². The zero-order valence-corrected chi connectivity index (χ0v) is 11.9. The van der Waals surface area contributed by atoms with Gasteiger partial charge >= 0.3 is 0 Å². The zero-order valence-electron chi connectivity index (χ0n) is 11.9. The molecule has 0 radical (unpaired) electrons. The Balaban J connectivity index is 2.17. The Morgan fingerprint density at radius 3 is 2.74 bits per heavy atom. The van der Waals surface area contributed by atoms with Crippen molar-refractivity contribution in [3.63, 3.8) is 0 Å². The molecule has 1 aromatic carbocycles. The molecule has 1 aliphatic rings. The summed E-state index contributed by atoms with van der Waals surface area (Å²) in [5.41, 5.74) is 1.34. The van der Waals surface area contributed by atoms with Crippen LogP contribution in [-0.2, 0) is 0 Å². The molecule has 1 aliphatic heterocycles. The highest BCUT2D eigenvalue weighted by atomic mass is 15.2. The lowest BCUT2D eigenvalue weighted by Crippen LogP contribution is -2.41. The van der Waals surface area contributed by atoms with Gasteiger partial charge in [-0.25, -0.2) is 0 Å². The normalized spacial score (nSPS) is 23.5. The highest BCUT2D eigenvalue weighted by Crippen LogP contribution is 2.25. The van der Waals surface area contributed by atoms with E-state index < -0.39 is 0 Å². The maximum absolute atomic E-state index is 9.07. The first-order valence-electron chi connectivity index (χ1n) is 7.08. The van der Waals surface area contributed by atoms with E-state index in [4.69, 9.17) is 5.26 Å². The van der Waals surface area contributed by atoms with Gasteiger partial charge in [0.2, 0.25) is 0 Å². The van der Waals surface area contributed by atoms with Gasteiger partial charge < -0.3 is 4.90 Å². The van der Waals surface area contributed by atoms with E-state index in [9.17, 15) is 0 Å². The summed E-state index contributed by atoms with van der Waals surface area (Å²) in [6.45, 7) is 5.45. The van der Waals surface area contributed by atoms with Crippen LogP contribution in [0.4, 0.5) is 0 Å². The van der Waals surface area contributed by atoms with Crippen LogP contribution in [-0.4, -0.2) is 42.5 Å². The molecule has 1 heterocycles. The van der Waals surface area contributed by atoms with Gasteiger partial charge in [-0.15, -0.1) is 0 Å². The summed E-state index contributed by atoms with van der Waals surface area (Å²) in [6.07, 6.45) is 1.79. The second-order valence-electron chi connectivity index (χ2n) is 5.46. The summed E-state index contributed by atoms with van der Waals surface area (Å²) in [5, 5.41) is 9.07. The van der Waals surface area contributed by atoms with E-state index in [2.05, 4.69) is 60.2 Å². The van der Waals surface area contributed by atoms with Gasteiger partial charge in [0.25, 0.3) is 0 Å². The fourth-order valence-electron chi connectivity index (χ4n) is 2.98. The average Bonchev–Trinajstić information content (AvgIpc) is 2.61. The molecule has 0 aliphatic carbocycles. The molecule has 1 fully saturated rings. The van der Waals surface area contributed by atoms with E-state index in [1.54, 1.807) is 0 Å². The van der Waals surface area contributed by atoms with Gasteiger partial charge in [0.05, 0.1) is 12.5 Å². The standard InChI is InChI=1S/C16H23N3/c1-14(15-7-4-3-5-8-15)19-12-6-11-18(2)13-16(19)9-10-17/h3-5,7-8,14,16H,6,9,11-13H2,1-2H3. The van der Waals surface area contributed by atoms with Crippen molar-refractivity contribution in [2.75, 3.05) is 26.7 Å². The molecule has 3 heteroatoms. The van der Waals surface area contributed by atoms with Crippen molar-refractivity contribution in [2.45, 2.75) is 31.8 Å². The third-order valence-electron chi connectivity index (χ3n) is 4.05. The summed E-state index contributed by atoms with van der Waals surface area (Å²) >= 11 is 0. The lowest BCUT2D eigenvalue weighted by atomic mass is 10.0. The second kappa shape index (κ2) is 6.70. The van der Waals surface area contributed by atoms with Crippen LogP contribution in [0.25, 0.3) is 0 Å². The van der Waals surface area contributed by atoms with E-state index in [1.165, 1.54) is 12.0 Å². The predicted octanol–water partition coefficient (Wildman–Crippen LogP) is 2.67. The van der Waals surface area contributed by atoms with E-state index >= 15 is 0 Å². The first-order valence-corrected chi connectivity index (χ1v) is 7.08. The van der Waals surface area contributed by atoms with Crippen LogP contribution in [0.1, 0.15) is 31.4 Å². The summed E-state index contributed by atoms with van der Waals surface area (Å²) < 4.78 is 0. The molecule has 19 heavy (non-hydrogen) atoms. The molecule has 3 nitrogen and oxygen atoms in total. The molecule has 0 saturated carbocycles. The molecular formula is C16H23N3. The van der Waals surface area contributed by atoms with E-state index in [0.29, 0.717) is 18.5 Å². The lowest BCUT2D eigenvalue weighted by molar-refractivity contribution is 0.143. The number of benzene rings is 1. The van der Waals surface area contributed by atoms with Crippen LogP contribution in [0.2, 0.25) is 0 Å². The van der Waals surface area contributed by atoms with Crippen LogP contribution >= 0.6 is 0 Å². The van der Waals surface area contributed by atoms with Crippen molar-refractivity contribution in [1.29, 1.82) is 5.26 Å². The Morgan fingerprint density at radius 2 is 2.05 bits per heavy atom. The summed E-state index contributed by atoms with van der Waals surface area (Å²) in [6, 6.07) is 13.7. The monoisotopic (exact) mass is 257 g/mol. The highest BCUT2D eigenvalue weighted by molar-refractivity contribution is 5.18. The van der Waals surface area contributed by atoms with Crippen molar-refractivity contribution in [2.24, 2.45) is 0 Å². The van der Waals surface area contributed by atoms with Gasteiger partial charge in [0.1, 0.15) is 0 Å². The number of hydrogen-bond acceptors (Lipinski definition) is 3. The number of nitriles is 1. The third kappa shape index (κ3) is 3.56. The minimum atomic E-state index is 0.340. The Labute approximate surface area is 116 Å². The van der Waals surface area contributed by atoms with Crippen molar-refractivity contribution in [1.82, 2.24) is 9.80 Å². The Bertz CT molecular complexity index is 423. The van der Waals surface area contributed by atoms with E-state index in [1.807, 2.05) is 0 Å². The van der Waals surface area contributed by atoms with Crippen molar-refractivity contribution >= 4 is 0 Å². The molecule has 2 atom stereocenters. The van der Waals surface area contributed by atoms with Gasteiger partial charge in [-0.1, -0.05) is 30.3 Å².